The fourth-order valence-corrected chi connectivity index (χ4v) is 3.76. The molecule has 3 nitrogen and oxygen atoms in total. The third-order valence-corrected chi connectivity index (χ3v) is 5.24. The van der Waals surface area contributed by atoms with E-state index in [2.05, 4.69) is 96.4 Å². The average Bonchev–Trinajstić information content (AvgIpc) is 3.12. The van der Waals surface area contributed by atoms with E-state index in [4.69, 9.17) is 4.84 Å². The molecular formula is C27H26N2O. The van der Waals surface area contributed by atoms with Gasteiger partial charge in [-0.15, -0.1) is 0 Å². The Morgan fingerprint density at radius 3 is 2.23 bits per heavy atom. The highest BCUT2D eigenvalue weighted by Gasteiger charge is 2.16. The number of rotatable bonds is 6. The van der Waals surface area contributed by atoms with Gasteiger partial charge >= 0.3 is 0 Å². The van der Waals surface area contributed by atoms with Gasteiger partial charge in [0.1, 0.15) is 6.61 Å². The van der Waals surface area contributed by atoms with Gasteiger partial charge in [0.05, 0.1) is 11.4 Å². The molecule has 0 N–H and O–H groups in total. The maximum atomic E-state index is 5.69. The van der Waals surface area contributed by atoms with E-state index in [0.717, 1.165) is 33.9 Å². The van der Waals surface area contributed by atoms with E-state index in [1.807, 2.05) is 25.1 Å². The predicted octanol–water partition coefficient (Wildman–Crippen LogP) is 6.70. The molecule has 4 aromatic rings. The van der Waals surface area contributed by atoms with Crippen LogP contribution in [0.15, 0.2) is 96.2 Å². The van der Waals surface area contributed by atoms with Crippen molar-refractivity contribution >= 4 is 5.71 Å². The van der Waals surface area contributed by atoms with E-state index in [1.54, 1.807) is 0 Å². The Bertz CT molecular complexity index is 1160. The highest BCUT2D eigenvalue weighted by atomic mass is 16.6. The topological polar surface area (TPSA) is 26.5 Å². The molecule has 0 aliphatic rings. The van der Waals surface area contributed by atoms with Crippen LogP contribution >= 0.6 is 0 Å². The molecular weight excluding hydrogens is 368 g/mol. The normalized spacial score (nSPS) is 11.5. The van der Waals surface area contributed by atoms with Crippen molar-refractivity contribution in [2.45, 2.75) is 27.4 Å². The highest BCUT2D eigenvalue weighted by Crippen LogP contribution is 2.30. The van der Waals surface area contributed by atoms with Crippen LogP contribution in [-0.4, -0.2) is 10.3 Å². The molecule has 0 atom stereocenters. The van der Waals surface area contributed by atoms with E-state index in [0.29, 0.717) is 6.61 Å². The van der Waals surface area contributed by atoms with Gasteiger partial charge in [0.15, 0.2) is 0 Å². The van der Waals surface area contributed by atoms with Gasteiger partial charge in [-0.25, -0.2) is 0 Å². The summed E-state index contributed by atoms with van der Waals surface area (Å²) in [6.07, 6.45) is 0. The lowest BCUT2D eigenvalue weighted by molar-refractivity contribution is 0.130. The van der Waals surface area contributed by atoms with Crippen molar-refractivity contribution in [1.82, 2.24) is 4.57 Å². The van der Waals surface area contributed by atoms with Crippen LogP contribution in [0.25, 0.3) is 16.9 Å². The quantitative estimate of drug-likeness (QED) is 0.264. The first kappa shape index (κ1) is 19.7. The van der Waals surface area contributed by atoms with Crippen molar-refractivity contribution in [3.05, 3.63) is 113 Å². The summed E-state index contributed by atoms with van der Waals surface area (Å²) in [6.45, 7) is 6.68. The van der Waals surface area contributed by atoms with Gasteiger partial charge in [0.25, 0.3) is 0 Å². The maximum Gasteiger partial charge on any atom is 0.142 e. The molecule has 0 radical (unpaired) electrons. The number of hydrogen-bond acceptors (Lipinski definition) is 2. The molecule has 4 rings (SSSR count). The molecule has 0 aliphatic heterocycles. The number of aryl methyl sites for hydroxylation is 1. The number of hydrogen-bond donors (Lipinski definition) is 0. The predicted molar refractivity (Wildman–Crippen MR) is 124 cm³/mol. The zero-order chi connectivity index (χ0) is 20.9. The largest absolute Gasteiger partial charge is 0.391 e. The second-order valence-corrected chi connectivity index (χ2v) is 7.50. The lowest BCUT2D eigenvalue weighted by Crippen LogP contribution is -2.02. The number of oxime groups is 1. The van der Waals surface area contributed by atoms with Gasteiger partial charge in [0.2, 0.25) is 0 Å². The van der Waals surface area contributed by atoms with Crippen LogP contribution in [-0.2, 0) is 11.4 Å². The van der Waals surface area contributed by atoms with E-state index in [1.165, 1.54) is 11.1 Å². The van der Waals surface area contributed by atoms with Crippen LogP contribution in [0.3, 0.4) is 0 Å². The zero-order valence-corrected chi connectivity index (χ0v) is 17.7. The van der Waals surface area contributed by atoms with Crippen molar-refractivity contribution in [3.8, 4) is 16.9 Å². The fourth-order valence-electron chi connectivity index (χ4n) is 3.76. The Morgan fingerprint density at radius 2 is 1.53 bits per heavy atom. The van der Waals surface area contributed by atoms with Gasteiger partial charge in [-0.3, -0.25) is 0 Å². The molecule has 0 fully saturated rings. The minimum absolute atomic E-state index is 0.461. The summed E-state index contributed by atoms with van der Waals surface area (Å²) in [5.41, 5.74) is 8.88. The Labute approximate surface area is 178 Å². The van der Waals surface area contributed by atoms with E-state index in [-0.39, 0.29) is 0 Å². The van der Waals surface area contributed by atoms with Crippen molar-refractivity contribution in [3.63, 3.8) is 0 Å². The summed E-state index contributed by atoms with van der Waals surface area (Å²) in [7, 11) is 0. The van der Waals surface area contributed by atoms with Crippen molar-refractivity contribution in [2.75, 3.05) is 0 Å². The van der Waals surface area contributed by atoms with Crippen LogP contribution in [0.1, 0.15) is 29.3 Å². The molecule has 3 aromatic carbocycles. The number of aromatic nitrogens is 1. The smallest absolute Gasteiger partial charge is 0.142 e. The van der Waals surface area contributed by atoms with Crippen LogP contribution in [0.4, 0.5) is 0 Å². The van der Waals surface area contributed by atoms with E-state index >= 15 is 0 Å². The third kappa shape index (κ3) is 4.20. The van der Waals surface area contributed by atoms with Crippen molar-refractivity contribution in [2.24, 2.45) is 5.16 Å². The molecule has 0 spiro atoms. The highest BCUT2D eigenvalue weighted by molar-refractivity contribution is 6.01. The summed E-state index contributed by atoms with van der Waals surface area (Å²) >= 11 is 0. The summed E-state index contributed by atoms with van der Waals surface area (Å²) in [4.78, 5) is 5.69. The first-order chi connectivity index (χ1) is 14.6. The molecule has 1 heterocycles. The van der Waals surface area contributed by atoms with Gasteiger partial charge < -0.3 is 9.40 Å². The Kier molecular flexibility index (Phi) is 5.80. The summed E-state index contributed by atoms with van der Waals surface area (Å²) in [5, 5.41) is 4.43. The van der Waals surface area contributed by atoms with Gasteiger partial charge in [-0.1, -0.05) is 83.5 Å². The summed E-state index contributed by atoms with van der Waals surface area (Å²) in [5.74, 6) is 0. The number of para-hydroxylation sites is 1. The molecule has 0 amide bonds. The lowest BCUT2D eigenvalue weighted by atomic mass is 10.1. The molecule has 0 unspecified atom stereocenters. The van der Waals surface area contributed by atoms with Gasteiger partial charge in [-0.05, 0) is 50.1 Å². The minimum atomic E-state index is 0.461. The molecule has 1 aromatic heterocycles. The number of benzene rings is 3. The maximum absolute atomic E-state index is 5.69. The van der Waals surface area contributed by atoms with Gasteiger partial charge in [0, 0.05) is 16.9 Å². The SMILES string of the molecule is C/C(=N\OCc1cccc(C)c1)c1cc(-c2ccccc2)n(-c2ccccc2)c1C. The van der Waals surface area contributed by atoms with E-state index in [9.17, 15) is 0 Å². The Balaban J connectivity index is 1.69. The monoisotopic (exact) mass is 394 g/mol. The lowest BCUT2D eigenvalue weighted by Gasteiger charge is -2.12. The molecule has 0 bridgehead atoms. The molecule has 30 heavy (non-hydrogen) atoms. The molecule has 3 heteroatoms. The fraction of sp³-hybridized carbons (Fsp3) is 0.148. The van der Waals surface area contributed by atoms with Crippen LogP contribution < -0.4 is 0 Å². The first-order valence-corrected chi connectivity index (χ1v) is 10.2. The first-order valence-electron chi connectivity index (χ1n) is 10.2. The molecule has 0 aliphatic carbocycles. The van der Waals surface area contributed by atoms with E-state index < -0.39 is 0 Å². The molecule has 150 valence electrons. The van der Waals surface area contributed by atoms with Crippen molar-refractivity contribution < 1.29 is 4.84 Å². The molecule has 0 saturated carbocycles. The summed E-state index contributed by atoms with van der Waals surface area (Å²) < 4.78 is 2.28. The van der Waals surface area contributed by atoms with Crippen LogP contribution in [0.2, 0.25) is 0 Å². The molecule has 0 saturated heterocycles. The second-order valence-electron chi connectivity index (χ2n) is 7.50. The van der Waals surface area contributed by atoms with Crippen LogP contribution in [0, 0.1) is 13.8 Å². The third-order valence-electron chi connectivity index (χ3n) is 5.24. The van der Waals surface area contributed by atoms with Crippen molar-refractivity contribution in [1.29, 1.82) is 0 Å². The second kappa shape index (κ2) is 8.83. The van der Waals surface area contributed by atoms with Crippen LogP contribution in [0.5, 0.6) is 0 Å². The standard InChI is InChI=1S/C27H26N2O/c1-20-11-10-12-23(17-20)19-30-28-21(2)26-18-27(24-13-6-4-7-14-24)29(22(26)3)25-15-8-5-9-16-25/h4-18H,19H2,1-3H3/b28-21+. The summed E-state index contributed by atoms with van der Waals surface area (Å²) in [6, 6.07) is 31.4. The Morgan fingerprint density at radius 1 is 0.833 bits per heavy atom. The zero-order valence-electron chi connectivity index (χ0n) is 17.7. The van der Waals surface area contributed by atoms with Gasteiger partial charge in [-0.2, -0.15) is 0 Å². The minimum Gasteiger partial charge on any atom is -0.391 e. The Hall–Kier alpha value is -3.59. The average molecular weight is 395 g/mol. The number of nitrogens with zero attached hydrogens (tertiary/aromatic N) is 2.